The molecule has 2 aliphatic heterocycles. The molecule has 2 heterocycles. The predicted octanol–water partition coefficient (Wildman–Crippen LogP) is 5.90. The molecule has 3 nitrogen and oxygen atoms in total. The van der Waals surface area contributed by atoms with Crippen LogP contribution in [0.1, 0.15) is 55.7 Å². The van der Waals surface area contributed by atoms with Crippen LogP contribution in [-0.2, 0) is 0 Å². The van der Waals surface area contributed by atoms with Crippen molar-refractivity contribution in [3.63, 3.8) is 0 Å². The molecule has 0 saturated heterocycles. The van der Waals surface area contributed by atoms with Crippen LogP contribution in [0.25, 0.3) is 0 Å². The summed E-state index contributed by atoms with van der Waals surface area (Å²) in [5.41, 5.74) is 3.65. The fourth-order valence-corrected chi connectivity index (χ4v) is 5.00. The average molecular weight is 411 g/mol. The summed E-state index contributed by atoms with van der Waals surface area (Å²) in [7, 11) is 0. The van der Waals surface area contributed by atoms with E-state index in [-0.39, 0.29) is 12.3 Å². The molecule has 1 aliphatic carbocycles. The monoisotopic (exact) mass is 410 g/mol. The molecule has 2 aromatic carbocycles. The second kappa shape index (κ2) is 6.73. The van der Waals surface area contributed by atoms with Gasteiger partial charge in [0.05, 0.1) is 11.8 Å². The maximum absolute atomic E-state index is 6.52. The van der Waals surface area contributed by atoms with Crippen LogP contribution in [0.15, 0.2) is 58.1 Å². The molecule has 134 valence electrons. The number of hydrogen-bond acceptors (Lipinski definition) is 3. The lowest BCUT2D eigenvalue weighted by atomic mass is 9.86. The molecule has 1 saturated carbocycles. The normalized spacial score (nSPS) is 25.3. The van der Waals surface area contributed by atoms with Crippen molar-refractivity contribution in [2.24, 2.45) is 11.0 Å². The van der Waals surface area contributed by atoms with Gasteiger partial charge in [-0.1, -0.05) is 65.5 Å². The minimum absolute atomic E-state index is 0.0650. The Labute approximate surface area is 163 Å². The first-order valence-electron chi connectivity index (χ1n) is 9.67. The highest BCUT2D eigenvalue weighted by molar-refractivity contribution is 9.10. The van der Waals surface area contributed by atoms with Crippen LogP contribution in [0, 0.1) is 5.92 Å². The molecule has 0 unspecified atom stereocenters. The summed E-state index contributed by atoms with van der Waals surface area (Å²) in [6.07, 6.45) is 7.48. The number of hydrogen-bond donors (Lipinski definition) is 0. The second-order valence-corrected chi connectivity index (χ2v) is 8.52. The molecule has 5 rings (SSSR count). The van der Waals surface area contributed by atoms with Gasteiger partial charge in [0.2, 0.25) is 0 Å². The van der Waals surface area contributed by atoms with Crippen LogP contribution in [0.4, 0.5) is 0 Å². The molecule has 0 aromatic heterocycles. The standard InChI is InChI=1S/C22H23BrN2O/c23-17-11-12-21-18(13-17)20-14-19(15-7-3-1-4-8-15)24-25(20)22(26-21)16-9-5-2-6-10-16/h1,3-4,7-8,11-13,16,20,22H,2,5-6,9-10,14H2/t20-,22-/m0/s1. The molecule has 1 fully saturated rings. The first-order chi connectivity index (χ1) is 12.8. The Bertz CT molecular complexity index is 829. The van der Waals surface area contributed by atoms with E-state index >= 15 is 0 Å². The highest BCUT2D eigenvalue weighted by atomic mass is 79.9. The number of rotatable bonds is 2. The number of fused-ring (bicyclic) bond motifs is 3. The van der Waals surface area contributed by atoms with Gasteiger partial charge in [0.25, 0.3) is 0 Å². The van der Waals surface area contributed by atoms with Crippen LogP contribution >= 0.6 is 15.9 Å². The number of benzene rings is 2. The van der Waals surface area contributed by atoms with E-state index in [1.54, 1.807) is 0 Å². The van der Waals surface area contributed by atoms with Gasteiger partial charge in [-0.3, -0.25) is 0 Å². The van der Waals surface area contributed by atoms with Crippen molar-refractivity contribution in [3.8, 4) is 5.75 Å². The maximum atomic E-state index is 6.52. The first-order valence-corrected chi connectivity index (χ1v) is 10.5. The van der Waals surface area contributed by atoms with Gasteiger partial charge in [0.1, 0.15) is 5.75 Å². The van der Waals surface area contributed by atoms with E-state index in [0.29, 0.717) is 5.92 Å². The van der Waals surface area contributed by atoms with Gasteiger partial charge in [-0.05, 0) is 36.6 Å². The molecule has 3 aliphatic rings. The minimum atomic E-state index is 0.0650. The zero-order valence-electron chi connectivity index (χ0n) is 14.8. The molecule has 0 bridgehead atoms. The third-order valence-electron chi connectivity index (χ3n) is 5.94. The largest absolute Gasteiger partial charge is 0.468 e. The lowest BCUT2D eigenvalue weighted by Crippen LogP contribution is -2.45. The first kappa shape index (κ1) is 16.4. The molecular formula is C22H23BrN2O. The molecule has 2 aromatic rings. The number of hydrazone groups is 1. The number of ether oxygens (including phenoxy) is 1. The fraction of sp³-hybridized carbons (Fsp3) is 0.409. The van der Waals surface area contributed by atoms with Gasteiger partial charge >= 0.3 is 0 Å². The lowest BCUT2D eigenvalue weighted by Gasteiger charge is -2.42. The van der Waals surface area contributed by atoms with E-state index < -0.39 is 0 Å². The van der Waals surface area contributed by atoms with Crippen LogP contribution in [0.2, 0.25) is 0 Å². The molecule has 0 spiro atoms. The summed E-state index contributed by atoms with van der Waals surface area (Å²) in [6, 6.07) is 17.3. The fourth-order valence-electron chi connectivity index (χ4n) is 4.62. The van der Waals surface area contributed by atoms with Gasteiger partial charge in [0, 0.05) is 22.4 Å². The van der Waals surface area contributed by atoms with E-state index in [2.05, 4.69) is 69.5 Å². The van der Waals surface area contributed by atoms with Crippen molar-refractivity contribution in [1.82, 2.24) is 5.01 Å². The van der Waals surface area contributed by atoms with Crippen LogP contribution in [0.5, 0.6) is 5.75 Å². The number of halogens is 1. The highest BCUT2D eigenvalue weighted by Crippen LogP contribution is 2.47. The molecule has 0 amide bonds. The Balaban J connectivity index is 1.54. The van der Waals surface area contributed by atoms with E-state index in [9.17, 15) is 0 Å². The Morgan fingerprint density at radius 3 is 2.62 bits per heavy atom. The molecule has 2 atom stereocenters. The Kier molecular flexibility index (Phi) is 4.24. The predicted molar refractivity (Wildman–Crippen MR) is 107 cm³/mol. The summed E-state index contributed by atoms with van der Waals surface area (Å²) >= 11 is 3.63. The zero-order chi connectivity index (χ0) is 17.5. The highest BCUT2D eigenvalue weighted by Gasteiger charge is 2.43. The van der Waals surface area contributed by atoms with Crippen molar-refractivity contribution >= 4 is 21.6 Å². The van der Waals surface area contributed by atoms with Crippen molar-refractivity contribution in [2.75, 3.05) is 0 Å². The Hall–Kier alpha value is -1.81. The van der Waals surface area contributed by atoms with Crippen LogP contribution < -0.4 is 4.74 Å². The molecule has 0 radical (unpaired) electrons. The van der Waals surface area contributed by atoms with Gasteiger partial charge in [-0.15, -0.1) is 0 Å². The van der Waals surface area contributed by atoms with Crippen LogP contribution in [-0.4, -0.2) is 16.9 Å². The summed E-state index contributed by atoms with van der Waals surface area (Å²) in [6.45, 7) is 0. The van der Waals surface area contributed by atoms with Crippen molar-refractivity contribution < 1.29 is 4.74 Å². The molecule has 4 heteroatoms. The van der Waals surface area contributed by atoms with E-state index in [1.807, 2.05) is 0 Å². The van der Waals surface area contributed by atoms with Crippen molar-refractivity contribution in [1.29, 1.82) is 0 Å². The van der Waals surface area contributed by atoms with E-state index in [0.717, 1.165) is 16.6 Å². The van der Waals surface area contributed by atoms with Gasteiger partial charge in [0.15, 0.2) is 6.23 Å². The maximum Gasteiger partial charge on any atom is 0.190 e. The third kappa shape index (κ3) is 2.84. The third-order valence-corrected chi connectivity index (χ3v) is 6.43. The van der Waals surface area contributed by atoms with Crippen molar-refractivity contribution in [2.45, 2.75) is 50.8 Å². The molecule has 0 N–H and O–H groups in total. The summed E-state index contributed by atoms with van der Waals surface area (Å²) in [5.74, 6) is 1.61. The summed E-state index contributed by atoms with van der Waals surface area (Å²) < 4.78 is 7.62. The Morgan fingerprint density at radius 1 is 1.00 bits per heavy atom. The lowest BCUT2D eigenvalue weighted by molar-refractivity contribution is -0.0644. The quantitative estimate of drug-likeness (QED) is 0.615. The van der Waals surface area contributed by atoms with Crippen molar-refractivity contribution in [3.05, 3.63) is 64.1 Å². The summed E-state index contributed by atoms with van der Waals surface area (Å²) in [4.78, 5) is 0. The van der Waals surface area contributed by atoms with Gasteiger partial charge < -0.3 is 4.74 Å². The number of nitrogens with zero attached hydrogens (tertiary/aromatic N) is 2. The smallest absolute Gasteiger partial charge is 0.190 e. The average Bonchev–Trinajstić information content (AvgIpc) is 3.15. The Morgan fingerprint density at radius 2 is 1.81 bits per heavy atom. The molecular weight excluding hydrogens is 388 g/mol. The topological polar surface area (TPSA) is 24.8 Å². The minimum Gasteiger partial charge on any atom is -0.468 e. The summed E-state index contributed by atoms with van der Waals surface area (Å²) in [5, 5.41) is 7.35. The second-order valence-electron chi connectivity index (χ2n) is 7.60. The van der Waals surface area contributed by atoms with Gasteiger partial charge in [-0.25, -0.2) is 5.01 Å². The zero-order valence-corrected chi connectivity index (χ0v) is 16.4. The van der Waals surface area contributed by atoms with E-state index in [4.69, 9.17) is 9.84 Å². The van der Waals surface area contributed by atoms with E-state index in [1.165, 1.54) is 48.9 Å². The SMILES string of the molecule is Brc1ccc2c(c1)[C@@H]1CC(c3ccccc3)=NN1[C@H](C1CCCCC1)O2. The van der Waals surface area contributed by atoms with Gasteiger partial charge in [-0.2, -0.15) is 5.10 Å². The van der Waals surface area contributed by atoms with Crippen LogP contribution in [0.3, 0.4) is 0 Å². The molecule has 26 heavy (non-hydrogen) atoms.